The topological polar surface area (TPSA) is 57.4 Å². The lowest BCUT2D eigenvalue weighted by Crippen LogP contribution is -2.16. The van der Waals surface area contributed by atoms with Crippen molar-refractivity contribution in [2.24, 2.45) is 0 Å². The van der Waals surface area contributed by atoms with Crippen LogP contribution in [-0.2, 0) is 10.8 Å². The zero-order chi connectivity index (χ0) is 20.8. The molecule has 29 heavy (non-hydrogen) atoms. The van der Waals surface area contributed by atoms with Gasteiger partial charge in [-0.2, -0.15) is 0 Å². The van der Waals surface area contributed by atoms with Crippen molar-refractivity contribution in [3.8, 4) is 34.4 Å². The molecule has 0 bridgehead atoms. The van der Waals surface area contributed by atoms with Gasteiger partial charge >= 0.3 is 0 Å². The first-order chi connectivity index (χ1) is 13.6. The Morgan fingerprint density at radius 3 is 1.79 bits per heavy atom. The minimum Gasteiger partial charge on any atom is -0.486 e. The van der Waals surface area contributed by atoms with Crippen LogP contribution in [0.1, 0.15) is 52.7 Å². The molecule has 0 N–H and O–H groups in total. The highest BCUT2D eigenvalue weighted by Crippen LogP contribution is 2.36. The smallest absolute Gasteiger partial charge is 0.248 e. The Bertz CT molecular complexity index is 1010. The van der Waals surface area contributed by atoms with Crippen molar-refractivity contribution in [1.82, 2.24) is 10.2 Å². The van der Waals surface area contributed by atoms with Crippen molar-refractivity contribution >= 4 is 0 Å². The molecule has 0 unspecified atom stereocenters. The van der Waals surface area contributed by atoms with Crippen molar-refractivity contribution in [3.05, 3.63) is 47.5 Å². The van der Waals surface area contributed by atoms with Crippen LogP contribution >= 0.6 is 0 Å². The second-order valence-corrected chi connectivity index (χ2v) is 9.57. The summed E-state index contributed by atoms with van der Waals surface area (Å²) in [6, 6.07) is 12.3. The van der Waals surface area contributed by atoms with Crippen LogP contribution in [-0.4, -0.2) is 23.4 Å². The summed E-state index contributed by atoms with van der Waals surface area (Å²) in [7, 11) is 0. The lowest BCUT2D eigenvalue weighted by Gasteiger charge is -2.25. The predicted octanol–water partition coefficient (Wildman–Crippen LogP) is 5.77. The van der Waals surface area contributed by atoms with Crippen LogP contribution < -0.4 is 9.47 Å². The molecular weight excluding hydrogens is 364 g/mol. The average molecular weight is 392 g/mol. The molecule has 0 atom stereocenters. The Hall–Kier alpha value is -2.82. The Morgan fingerprint density at radius 1 is 0.655 bits per heavy atom. The molecule has 1 aliphatic rings. The van der Waals surface area contributed by atoms with Crippen LogP contribution in [0.2, 0.25) is 0 Å². The van der Waals surface area contributed by atoms with Crippen LogP contribution in [0.15, 0.2) is 40.8 Å². The zero-order valence-corrected chi connectivity index (χ0v) is 18.0. The van der Waals surface area contributed by atoms with Gasteiger partial charge in [-0.25, -0.2) is 0 Å². The largest absolute Gasteiger partial charge is 0.486 e. The summed E-state index contributed by atoms with van der Waals surface area (Å²) in [5, 5.41) is 8.61. The van der Waals surface area contributed by atoms with E-state index in [1.54, 1.807) is 0 Å². The summed E-state index contributed by atoms with van der Waals surface area (Å²) in [6.45, 7) is 14.4. The number of ether oxygens (including phenoxy) is 2. The van der Waals surface area contributed by atoms with Gasteiger partial charge in [0.2, 0.25) is 11.8 Å². The Kier molecular flexibility index (Phi) is 4.64. The van der Waals surface area contributed by atoms with Crippen molar-refractivity contribution in [2.75, 3.05) is 13.2 Å². The zero-order valence-electron chi connectivity index (χ0n) is 18.0. The fourth-order valence-corrected chi connectivity index (χ4v) is 3.25. The third-order valence-electron chi connectivity index (χ3n) is 5.13. The molecule has 0 saturated heterocycles. The number of fused-ring (bicyclic) bond motifs is 1. The van der Waals surface area contributed by atoms with E-state index >= 15 is 0 Å². The predicted molar refractivity (Wildman–Crippen MR) is 114 cm³/mol. The summed E-state index contributed by atoms with van der Waals surface area (Å²) >= 11 is 0. The molecule has 0 radical (unpaired) electrons. The van der Waals surface area contributed by atoms with Crippen LogP contribution in [0.4, 0.5) is 0 Å². The summed E-state index contributed by atoms with van der Waals surface area (Å²) in [5.41, 5.74) is 4.30. The van der Waals surface area contributed by atoms with E-state index in [4.69, 9.17) is 13.9 Å². The number of nitrogens with zero attached hydrogens (tertiary/aromatic N) is 2. The fourth-order valence-electron chi connectivity index (χ4n) is 3.25. The van der Waals surface area contributed by atoms with Gasteiger partial charge in [0, 0.05) is 11.1 Å². The number of rotatable bonds is 2. The van der Waals surface area contributed by atoms with Crippen molar-refractivity contribution in [1.29, 1.82) is 0 Å². The van der Waals surface area contributed by atoms with Crippen LogP contribution in [0.3, 0.4) is 0 Å². The highest BCUT2D eigenvalue weighted by molar-refractivity contribution is 5.63. The molecule has 3 aromatic rings. The van der Waals surface area contributed by atoms with Crippen molar-refractivity contribution in [3.63, 3.8) is 0 Å². The summed E-state index contributed by atoms with van der Waals surface area (Å²) in [4.78, 5) is 0. The molecule has 0 spiro atoms. The van der Waals surface area contributed by atoms with E-state index in [9.17, 15) is 0 Å². The average Bonchev–Trinajstić information content (AvgIpc) is 3.16. The van der Waals surface area contributed by atoms with Gasteiger partial charge in [0.25, 0.3) is 0 Å². The van der Waals surface area contributed by atoms with Gasteiger partial charge in [0.05, 0.1) is 0 Å². The molecule has 5 nitrogen and oxygen atoms in total. The maximum Gasteiger partial charge on any atom is 0.248 e. The van der Waals surface area contributed by atoms with Crippen molar-refractivity contribution < 1.29 is 13.9 Å². The maximum atomic E-state index is 6.06. The number of hydrogen-bond acceptors (Lipinski definition) is 5. The molecule has 0 aliphatic carbocycles. The van der Waals surface area contributed by atoms with Gasteiger partial charge in [-0.15, -0.1) is 10.2 Å². The number of hydrogen-bond donors (Lipinski definition) is 0. The molecular formula is C24H28N2O3. The molecule has 2 aromatic carbocycles. The van der Waals surface area contributed by atoms with Gasteiger partial charge in [-0.1, -0.05) is 47.6 Å². The highest BCUT2D eigenvalue weighted by Gasteiger charge is 2.23. The first-order valence-corrected chi connectivity index (χ1v) is 10.0. The van der Waals surface area contributed by atoms with Gasteiger partial charge in [-0.05, 0) is 52.3 Å². The van der Waals surface area contributed by atoms with Gasteiger partial charge in [-0.3, -0.25) is 0 Å². The standard InChI is InChI=1S/C24H28N2O3/c1-23(2,3)17-11-16(12-18(14-17)24(4,5)6)22-26-25-21(29-22)15-7-8-19-20(13-15)28-10-9-27-19/h7-8,11-14H,9-10H2,1-6H3. The van der Waals surface area contributed by atoms with Crippen LogP contribution in [0, 0.1) is 0 Å². The molecule has 5 heteroatoms. The number of aromatic nitrogens is 2. The second kappa shape index (κ2) is 6.90. The van der Waals surface area contributed by atoms with Gasteiger partial charge < -0.3 is 13.9 Å². The normalized spacial score (nSPS) is 14.1. The highest BCUT2D eigenvalue weighted by atomic mass is 16.6. The van der Waals surface area contributed by atoms with Crippen molar-refractivity contribution in [2.45, 2.75) is 52.4 Å². The maximum absolute atomic E-state index is 6.06. The molecule has 0 saturated carbocycles. The molecule has 2 heterocycles. The summed E-state index contributed by atoms with van der Waals surface area (Å²) < 4.78 is 17.3. The lowest BCUT2D eigenvalue weighted by atomic mass is 9.79. The molecule has 1 aliphatic heterocycles. The Balaban J connectivity index is 1.74. The first kappa shape index (κ1) is 19.5. The fraction of sp³-hybridized carbons (Fsp3) is 0.417. The quantitative estimate of drug-likeness (QED) is 0.554. The van der Waals surface area contributed by atoms with E-state index in [0.29, 0.717) is 30.7 Å². The Morgan fingerprint density at radius 2 is 1.21 bits per heavy atom. The molecule has 0 fully saturated rings. The van der Waals surface area contributed by atoms with E-state index in [1.165, 1.54) is 11.1 Å². The Labute approximate surface area is 172 Å². The van der Waals surface area contributed by atoms with Crippen LogP contribution in [0.25, 0.3) is 22.9 Å². The molecule has 152 valence electrons. The van der Waals surface area contributed by atoms with Gasteiger partial charge in [0.15, 0.2) is 11.5 Å². The number of benzene rings is 2. The first-order valence-electron chi connectivity index (χ1n) is 10.0. The molecule has 1 aromatic heterocycles. The third kappa shape index (κ3) is 4.00. The molecule has 0 amide bonds. The van der Waals surface area contributed by atoms with Gasteiger partial charge in [0.1, 0.15) is 13.2 Å². The summed E-state index contributed by atoms with van der Waals surface area (Å²) in [6.07, 6.45) is 0. The van der Waals surface area contributed by atoms with Crippen LogP contribution in [0.5, 0.6) is 11.5 Å². The minimum absolute atomic E-state index is 0.0225. The SMILES string of the molecule is CC(C)(C)c1cc(-c2nnc(-c3ccc4c(c3)OCCO4)o2)cc(C(C)(C)C)c1. The second-order valence-electron chi connectivity index (χ2n) is 9.57. The van der Waals surface area contributed by atoms with E-state index in [0.717, 1.165) is 16.9 Å². The van der Waals surface area contributed by atoms with E-state index in [-0.39, 0.29) is 10.8 Å². The monoisotopic (exact) mass is 392 g/mol. The lowest BCUT2D eigenvalue weighted by molar-refractivity contribution is 0.171. The third-order valence-corrected chi connectivity index (χ3v) is 5.13. The minimum atomic E-state index is 0.0225. The summed E-state index contributed by atoms with van der Waals surface area (Å²) in [5.74, 6) is 2.44. The van der Waals surface area contributed by atoms with E-state index in [1.807, 2.05) is 18.2 Å². The molecule has 4 rings (SSSR count). The van der Waals surface area contributed by atoms with E-state index < -0.39 is 0 Å². The van der Waals surface area contributed by atoms with E-state index in [2.05, 4.69) is 69.9 Å².